The van der Waals surface area contributed by atoms with Gasteiger partial charge in [0.25, 0.3) is 0 Å². The fourth-order valence-corrected chi connectivity index (χ4v) is 8.32. The topological polar surface area (TPSA) is 40.5 Å². The maximum absolute atomic E-state index is 10.2. The Morgan fingerprint density at radius 1 is 0.840 bits per heavy atom. The van der Waals surface area contributed by atoms with Gasteiger partial charge in [-0.3, -0.25) is 0 Å². The normalized spacial score (nSPS) is 52.3. The lowest BCUT2D eigenvalue weighted by molar-refractivity contribution is -0.127. The van der Waals surface area contributed by atoms with Crippen LogP contribution in [0.2, 0.25) is 0 Å². The molecular weight excluding hydrogens is 308 g/mol. The summed E-state index contributed by atoms with van der Waals surface area (Å²) in [6, 6.07) is 0. The van der Waals surface area contributed by atoms with Gasteiger partial charge in [-0.15, -0.1) is 0 Å². The van der Waals surface area contributed by atoms with Gasteiger partial charge in [0.05, 0.1) is 6.10 Å². The summed E-state index contributed by atoms with van der Waals surface area (Å²) in [5.74, 6) is 4.52. The van der Waals surface area contributed by atoms with E-state index < -0.39 is 0 Å². The van der Waals surface area contributed by atoms with Gasteiger partial charge in [-0.05, 0) is 111 Å². The van der Waals surface area contributed by atoms with E-state index in [-0.39, 0.29) is 6.10 Å². The Labute approximate surface area is 154 Å². The van der Waals surface area contributed by atoms with E-state index in [4.69, 9.17) is 5.11 Å². The van der Waals surface area contributed by atoms with Crippen LogP contribution in [0.1, 0.15) is 90.9 Å². The zero-order valence-corrected chi connectivity index (χ0v) is 16.6. The van der Waals surface area contributed by atoms with Crippen LogP contribution >= 0.6 is 0 Å². The van der Waals surface area contributed by atoms with Crippen LogP contribution in [0.4, 0.5) is 0 Å². The molecule has 0 radical (unpaired) electrons. The SMILES string of the molecule is CC12CCC(O)CC1CCC1C2CCC2(C)C1CC[C@@H]2CCCCO. The molecule has 2 heteroatoms. The van der Waals surface area contributed by atoms with E-state index in [1.807, 2.05) is 0 Å². The van der Waals surface area contributed by atoms with Crippen LogP contribution in [0.15, 0.2) is 0 Å². The first kappa shape index (κ1) is 18.3. The highest BCUT2D eigenvalue weighted by Gasteiger charge is 2.59. The van der Waals surface area contributed by atoms with Crippen molar-refractivity contribution in [1.82, 2.24) is 0 Å². The predicted molar refractivity (Wildman–Crippen MR) is 102 cm³/mol. The highest BCUT2D eigenvalue weighted by molar-refractivity contribution is 5.09. The lowest BCUT2D eigenvalue weighted by Crippen LogP contribution is -2.53. The summed E-state index contributed by atoms with van der Waals surface area (Å²) in [5, 5.41) is 19.3. The third-order valence-electron chi connectivity index (χ3n) is 9.80. The quantitative estimate of drug-likeness (QED) is 0.688. The van der Waals surface area contributed by atoms with Crippen molar-refractivity contribution >= 4 is 0 Å². The second kappa shape index (κ2) is 6.82. The molecule has 25 heavy (non-hydrogen) atoms. The monoisotopic (exact) mass is 348 g/mol. The number of aliphatic hydroxyl groups is 2. The Bertz CT molecular complexity index is 477. The summed E-state index contributed by atoms with van der Waals surface area (Å²) < 4.78 is 0. The highest BCUT2D eigenvalue weighted by Crippen LogP contribution is 2.67. The Morgan fingerprint density at radius 2 is 1.60 bits per heavy atom. The number of rotatable bonds is 4. The van der Waals surface area contributed by atoms with Crippen LogP contribution in [0.5, 0.6) is 0 Å². The van der Waals surface area contributed by atoms with Gasteiger partial charge < -0.3 is 10.2 Å². The molecule has 0 aromatic carbocycles. The average Bonchev–Trinajstić information content (AvgIpc) is 2.92. The van der Waals surface area contributed by atoms with Gasteiger partial charge in [-0.2, -0.15) is 0 Å². The van der Waals surface area contributed by atoms with Gasteiger partial charge >= 0.3 is 0 Å². The molecule has 2 nitrogen and oxygen atoms in total. The zero-order chi connectivity index (χ0) is 17.7. The van der Waals surface area contributed by atoms with Gasteiger partial charge in [0.15, 0.2) is 0 Å². The number of fused-ring (bicyclic) bond motifs is 5. The van der Waals surface area contributed by atoms with Crippen molar-refractivity contribution in [3.8, 4) is 0 Å². The fraction of sp³-hybridized carbons (Fsp3) is 1.00. The molecule has 0 bridgehead atoms. The molecule has 0 amide bonds. The Balaban J connectivity index is 1.50. The van der Waals surface area contributed by atoms with Crippen LogP contribution < -0.4 is 0 Å². The third kappa shape index (κ3) is 2.90. The number of hydrogen-bond acceptors (Lipinski definition) is 2. The summed E-state index contributed by atoms with van der Waals surface area (Å²) in [5.41, 5.74) is 1.09. The van der Waals surface area contributed by atoms with Gasteiger partial charge in [-0.25, -0.2) is 0 Å². The van der Waals surface area contributed by atoms with Gasteiger partial charge in [0.2, 0.25) is 0 Å². The van der Waals surface area contributed by atoms with Crippen molar-refractivity contribution in [2.45, 2.75) is 97.0 Å². The van der Waals surface area contributed by atoms with Gasteiger partial charge in [-0.1, -0.05) is 20.3 Å². The predicted octanol–water partition coefficient (Wildman–Crippen LogP) is 5.17. The summed E-state index contributed by atoms with van der Waals surface area (Å²) in [4.78, 5) is 0. The Hall–Kier alpha value is -0.0800. The molecule has 0 aromatic heterocycles. The Morgan fingerprint density at radius 3 is 2.40 bits per heavy atom. The van der Waals surface area contributed by atoms with Crippen molar-refractivity contribution < 1.29 is 10.2 Å². The number of unbranched alkanes of at least 4 members (excludes halogenated alkanes) is 1. The molecule has 8 atom stereocenters. The summed E-state index contributed by atoms with van der Waals surface area (Å²) in [6.45, 7) is 5.59. The maximum Gasteiger partial charge on any atom is 0.0543 e. The molecule has 4 aliphatic rings. The lowest BCUT2D eigenvalue weighted by Gasteiger charge is -2.61. The van der Waals surface area contributed by atoms with Gasteiger partial charge in [0, 0.05) is 6.61 Å². The van der Waals surface area contributed by atoms with E-state index in [1.165, 1.54) is 57.8 Å². The number of aliphatic hydroxyl groups excluding tert-OH is 2. The average molecular weight is 349 g/mol. The van der Waals surface area contributed by atoms with Crippen molar-refractivity contribution in [2.24, 2.45) is 40.4 Å². The molecule has 0 heterocycles. The minimum atomic E-state index is -0.0223. The standard InChI is InChI=1S/C23H40O2/c1-22-13-11-21-19(20(22)9-7-16(22)5-3-4-14-24)8-6-17-15-18(25)10-12-23(17,21)2/h16-21,24-25H,3-15H2,1-2H3/t16-,17?,18?,19?,20?,21?,22?,23?/m0/s1. The van der Waals surface area contributed by atoms with Gasteiger partial charge in [0.1, 0.15) is 0 Å². The smallest absolute Gasteiger partial charge is 0.0543 e. The molecule has 0 aliphatic heterocycles. The van der Waals surface area contributed by atoms with E-state index in [2.05, 4.69) is 13.8 Å². The largest absolute Gasteiger partial charge is 0.396 e. The second-order valence-electron chi connectivity index (χ2n) is 10.6. The molecule has 0 spiro atoms. The first-order valence-electron chi connectivity index (χ1n) is 11.3. The molecule has 2 N–H and O–H groups in total. The first-order chi connectivity index (χ1) is 12.0. The van der Waals surface area contributed by atoms with Crippen molar-refractivity contribution in [3.63, 3.8) is 0 Å². The van der Waals surface area contributed by atoms with Crippen molar-refractivity contribution in [1.29, 1.82) is 0 Å². The van der Waals surface area contributed by atoms with E-state index in [1.54, 1.807) is 0 Å². The summed E-state index contributed by atoms with van der Waals surface area (Å²) >= 11 is 0. The molecule has 4 aliphatic carbocycles. The maximum atomic E-state index is 10.2. The van der Waals surface area contributed by atoms with Crippen LogP contribution in [0.25, 0.3) is 0 Å². The fourth-order valence-electron chi connectivity index (χ4n) is 8.32. The van der Waals surface area contributed by atoms with Crippen LogP contribution in [0.3, 0.4) is 0 Å². The van der Waals surface area contributed by atoms with E-state index in [9.17, 15) is 5.11 Å². The number of hydrogen-bond donors (Lipinski definition) is 2. The minimum absolute atomic E-state index is 0.0223. The van der Waals surface area contributed by atoms with Crippen LogP contribution in [-0.4, -0.2) is 22.9 Å². The Kier molecular flexibility index (Phi) is 4.99. The molecular formula is C23H40O2. The first-order valence-corrected chi connectivity index (χ1v) is 11.3. The second-order valence-corrected chi connectivity index (χ2v) is 10.6. The molecule has 4 rings (SSSR count). The highest BCUT2D eigenvalue weighted by atomic mass is 16.3. The molecule has 0 aromatic rings. The minimum Gasteiger partial charge on any atom is -0.396 e. The molecule has 4 saturated carbocycles. The van der Waals surface area contributed by atoms with Crippen molar-refractivity contribution in [3.05, 3.63) is 0 Å². The zero-order valence-electron chi connectivity index (χ0n) is 16.6. The lowest BCUT2D eigenvalue weighted by atomic mass is 9.44. The van der Waals surface area contributed by atoms with Crippen molar-refractivity contribution in [2.75, 3.05) is 6.61 Å². The van der Waals surface area contributed by atoms with Crippen LogP contribution in [0, 0.1) is 40.4 Å². The molecule has 7 unspecified atom stereocenters. The van der Waals surface area contributed by atoms with E-state index in [0.717, 1.165) is 48.9 Å². The summed E-state index contributed by atoms with van der Waals surface area (Å²) in [6.07, 6.45) is 15.5. The summed E-state index contributed by atoms with van der Waals surface area (Å²) in [7, 11) is 0. The van der Waals surface area contributed by atoms with E-state index >= 15 is 0 Å². The molecule has 4 fully saturated rings. The van der Waals surface area contributed by atoms with E-state index in [0.29, 0.717) is 17.4 Å². The third-order valence-corrected chi connectivity index (χ3v) is 9.80. The molecule has 0 saturated heterocycles. The molecule has 144 valence electrons. The van der Waals surface area contributed by atoms with Crippen LogP contribution in [-0.2, 0) is 0 Å².